The first-order chi connectivity index (χ1) is 9.20. The lowest BCUT2D eigenvalue weighted by molar-refractivity contribution is 0.0593. The maximum Gasteiger partial charge on any atom is 0.358 e. The van der Waals surface area contributed by atoms with Crippen molar-refractivity contribution in [1.29, 1.82) is 0 Å². The quantitative estimate of drug-likeness (QED) is 0.796. The summed E-state index contributed by atoms with van der Waals surface area (Å²) in [7, 11) is 3.26. The van der Waals surface area contributed by atoms with Gasteiger partial charge in [0.15, 0.2) is 5.69 Å². The number of carbonyl (C=O) groups is 1. The van der Waals surface area contributed by atoms with Crippen molar-refractivity contribution in [2.75, 3.05) is 19.0 Å². The summed E-state index contributed by atoms with van der Waals surface area (Å²) in [5, 5.41) is 10.8. The Morgan fingerprint density at radius 3 is 2.84 bits per heavy atom. The number of carbonyl (C=O) groups excluding carboxylic acids is 1. The lowest BCUT2D eigenvalue weighted by atomic mass is 10.3. The van der Waals surface area contributed by atoms with Crippen LogP contribution in [0.2, 0.25) is 0 Å². The van der Waals surface area contributed by atoms with Crippen LogP contribution in [0, 0.1) is 0 Å². The molecule has 0 unspecified atom stereocenters. The number of nitrogens with zero attached hydrogens (tertiary/aromatic N) is 4. The van der Waals surface area contributed by atoms with Gasteiger partial charge < -0.3 is 14.6 Å². The number of imidazole rings is 1. The highest BCUT2D eigenvalue weighted by atomic mass is 16.5. The highest BCUT2D eigenvalue weighted by Crippen LogP contribution is 2.03. The Bertz CT molecular complexity index is 550. The van der Waals surface area contributed by atoms with Gasteiger partial charge in [-0.15, -0.1) is 10.2 Å². The minimum Gasteiger partial charge on any atom is -0.464 e. The predicted octanol–water partition coefficient (Wildman–Crippen LogP) is 0.651. The van der Waals surface area contributed by atoms with E-state index < -0.39 is 5.97 Å². The first-order valence-corrected chi connectivity index (χ1v) is 5.83. The third-order valence-electron chi connectivity index (χ3n) is 2.63. The van der Waals surface area contributed by atoms with Crippen molar-refractivity contribution < 1.29 is 9.53 Å². The Balaban J connectivity index is 1.86. The van der Waals surface area contributed by atoms with Crippen LogP contribution in [0.1, 0.15) is 16.3 Å². The zero-order valence-corrected chi connectivity index (χ0v) is 10.8. The molecule has 7 heteroatoms. The van der Waals surface area contributed by atoms with E-state index in [0.717, 1.165) is 12.2 Å². The molecule has 2 heterocycles. The molecule has 1 N–H and O–H groups in total. The third kappa shape index (κ3) is 3.27. The van der Waals surface area contributed by atoms with Gasteiger partial charge in [-0.05, 0) is 12.1 Å². The van der Waals surface area contributed by atoms with E-state index in [1.807, 2.05) is 17.8 Å². The molecule has 0 saturated carbocycles. The number of aryl methyl sites for hydroxylation is 1. The largest absolute Gasteiger partial charge is 0.464 e. The molecular weight excluding hydrogens is 246 g/mol. The van der Waals surface area contributed by atoms with E-state index in [1.165, 1.54) is 7.11 Å². The molecule has 0 aliphatic heterocycles. The molecule has 0 aromatic carbocycles. The van der Waals surface area contributed by atoms with Crippen LogP contribution in [0.4, 0.5) is 5.82 Å². The van der Waals surface area contributed by atoms with Crippen molar-refractivity contribution in [2.24, 2.45) is 7.05 Å². The molecule has 0 aliphatic rings. The summed E-state index contributed by atoms with van der Waals surface area (Å²) in [6, 6.07) is 3.26. The second-order valence-corrected chi connectivity index (χ2v) is 3.93. The topological polar surface area (TPSA) is 81.9 Å². The predicted molar refractivity (Wildman–Crippen MR) is 68.8 cm³/mol. The van der Waals surface area contributed by atoms with Crippen molar-refractivity contribution in [3.63, 3.8) is 0 Å². The van der Waals surface area contributed by atoms with E-state index in [-0.39, 0.29) is 5.69 Å². The molecule has 0 amide bonds. The molecule has 0 atom stereocenters. The molecule has 0 radical (unpaired) electrons. The molecule has 0 saturated heterocycles. The Labute approximate surface area is 110 Å². The van der Waals surface area contributed by atoms with Crippen LogP contribution >= 0.6 is 0 Å². The summed E-state index contributed by atoms with van der Waals surface area (Å²) >= 11 is 0. The number of rotatable bonds is 5. The zero-order chi connectivity index (χ0) is 13.7. The zero-order valence-electron chi connectivity index (χ0n) is 10.8. The Hall–Kier alpha value is -2.44. The molecule has 19 heavy (non-hydrogen) atoms. The average Bonchev–Trinajstić information content (AvgIpc) is 2.84. The monoisotopic (exact) mass is 261 g/mol. The van der Waals surface area contributed by atoms with Gasteiger partial charge in [-0.3, -0.25) is 0 Å². The Morgan fingerprint density at radius 2 is 2.26 bits per heavy atom. The molecule has 7 nitrogen and oxygen atoms in total. The average molecular weight is 261 g/mol. The van der Waals surface area contributed by atoms with Gasteiger partial charge in [0, 0.05) is 32.4 Å². The molecule has 2 rings (SSSR count). The lowest BCUT2D eigenvalue weighted by Crippen LogP contribution is -2.11. The van der Waals surface area contributed by atoms with Crippen LogP contribution in [-0.4, -0.2) is 39.4 Å². The van der Waals surface area contributed by atoms with Gasteiger partial charge in [-0.1, -0.05) is 0 Å². The van der Waals surface area contributed by atoms with Crippen LogP contribution < -0.4 is 5.32 Å². The summed E-state index contributed by atoms with van der Waals surface area (Å²) < 4.78 is 6.51. The van der Waals surface area contributed by atoms with Gasteiger partial charge in [0.25, 0.3) is 0 Å². The summed E-state index contributed by atoms with van der Waals surface area (Å²) in [5.41, 5.74) is 0.192. The highest BCUT2D eigenvalue weighted by molar-refractivity contribution is 5.86. The third-order valence-corrected chi connectivity index (χ3v) is 2.63. The smallest absolute Gasteiger partial charge is 0.358 e. The summed E-state index contributed by atoms with van der Waals surface area (Å²) in [6.45, 7) is 0.692. The van der Waals surface area contributed by atoms with Crippen LogP contribution in [0.5, 0.6) is 0 Å². The fraction of sp³-hybridized carbons (Fsp3) is 0.333. The summed E-state index contributed by atoms with van der Waals surface area (Å²) in [6.07, 6.45) is 4.45. The van der Waals surface area contributed by atoms with Gasteiger partial charge in [-0.25, -0.2) is 9.78 Å². The van der Waals surface area contributed by atoms with Crippen molar-refractivity contribution >= 4 is 11.8 Å². The van der Waals surface area contributed by atoms with E-state index in [1.54, 1.807) is 18.3 Å². The normalized spacial score (nSPS) is 10.2. The number of hydrogen-bond donors (Lipinski definition) is 1. The molecule has 100 valence electrons. The fourth-order valence-corrected chi connectivity index (χ4v) is 1.58. The molecule has 0 aliphatic carbocycles. The highest BCUT2D eigenvalue weighted by Gasteiger charge is 2.07. The number of esters is 1. The molecule has 2 aromatic heterocycles. The standard InChI is InChI=1S/C12H15N5O2/c1-17-8-7-14-11(17)5-6-13-10-4-3-9(15-16-10)12(18)19-2/h3-4,7-8H,5-6H2,1-2H3,(H,13,16). The second-order valence-electron chi connectivity index (χ2n) is 3.93. The fourth-order valence-electron chi connectivity index (χ4n) is 1.58. The van der Waals surface area contributed by atoms with E-state index in [0.29, 0.717) is 12.4 Å². The van der Waals surface area contributed by atoms with Crippen molar-refractivity contribution in [3.8, 4) is 0 Å². The van der Waals surface area contributed by atoms with Gasteiger partial charge in [0.2, 0.25) is 0 Å². The van der Waals surface area contributed by atoms with Gasteiger partial charge in [-0.2, -0.15) is 0 Å². The number of anilines is 1. The molecule has 0 bridgehead atoms. The van der Waals surface area contributed by atoms with Gasteiger partial charge in [0.1, 0.15) is 11.6 Å². The molecule has 0 spiro atoms. The van der Waals surface area contributed by atoms with Gasteiger partial charge in [0.05, 0.1) is 7.11 Å². The van der Waals surface area contributed by atoms with Crippen LogP contribution in [0.3, 0.4) is 0 Å². The maximum atomic E-state index is 11.2. The first-order valence-electron chi connectivity index (χ1n) is 5.83. The van der Waals surface area contributed by atoms with E-state index in [2.05, 4.69) is 25.2 Å². The maximum absolute atomic E-state index is 11.2. The van der Waals surface area contributed by atoms with Crippen LogP contribution in [0.15, 0.2) is 24.5 Å². The van der Waals surface area contributed by atoms with E-state index in [4.69, 9.17) is 0 Å². The number of methoxy groups -OCH3 is 1. The van der Waals surface area contributed by atoms with Gasteiger partial charge >= 0.3 is 5.97 Å². The van der Waals surface area contributed by atoms with E-state index >= 15 is 0 Å². The Morgan fingerprint density at radius 1 is 1.42 bits per heavy atom. The summed E-state index contributed by atoms with van der Waals surface area (Å²) in [5.74, 6) is 1.11. The second kappa shape index (κ2) is 5.94. The SMILES string of the molecule is COC(=O)c1ccc(NCCc2nccn2C)nn1. The van der Waals surface area contributed by atoms with Crippen LogP contribution in [-0.2, 0) is 18.2 Å². The van der Waals surface area contributed by atoms with E-state index in [9.17, 15) is 4.79 Å². The molecular formula is C12H15N5O2. The molecule has 0 fully saturated rings. The minimum atomic E-state index is -0.493. The molecule has 2 aromatic rings. The lowest BCUT2D eigenvalue weighted by Gasteiger charge is -2.05. The Kier molecular flexibility index (Phi) is 4.07. The summed E-state index contributed by atoms with van der Waals surface area (Å²) in [4.78, 5) is 15.4. The van der Waals surface area contributed by atoms with Crippen molar-refractivity contribution in [2.45, 2.75) is 6.42 Å². The van der Waals surface area contributed by atoms with Crippen molar-refractivity contribution in [3.05, 3.63) is 36.0 Å². The number of nitrogens with one attached hydrogen (secondary N) is 1. The minimum absolute atomic E-state index is 0.192. The number of aromatic nitrogens is 4. The van der Waals surface area contributed by atoms with Crippen LogP contribution in [0.25, 0.3) is 0 Å². The number of hydrogen-bond acceptors (Lipinski definition) is 6. The number of ether oxygens (including phenoxy) is 1. The first kappa shape index (κ1) is 13.0. The van der Waals surface area contributed by atoms with Crippen molar-refractivity contribution in [1.82, 2.24) is 19.7 Å².